The van der Waals surface area contributed by atoms with Crippen LogP contribution in [0.15, 0.2) is 55.2 Å². The van der Waals surface area contributed by atoms with Crippen molar-refractivity contribution < 1.29 is 4.79 Å². The van der Waals surface area contributed by atoms with Crippen molar-refractivity contribution in [1.29, 1.82) is 0 Å². The van der Waals surface area contributed by atoms with Gasteiger partial charge in [0.2, 0.25) is 5.91 Å². The zero-order chi connectivity index (χ0) is 18.1. The van der Waals surface area contributed by atoms with Gasteiger partial charge in [0, 0.05) is 24.8 Å². The highest BCUT2D eigenvalue weighted by Gasteiger charge is 2.10. The Kier molecular flexibility index (Phi) is 3.96. The Morgan fingerprint density at radius 2 is 2.04 bits per heavy atom. The first-order valence-corrected chi connectivity index (χ1v) is 8.29. The molecule has 26 heavy (non-hydrogen) atoms. The van der Waals surface area contributed by atoms with Gasteiger partial charge in [0.05, 0.1) is 24.0 Å². The van der Waals surface area contributed by atoms with Crippen LogP contribution in [0.1, 0.15) is 17.1 Å². The molecule has 0 spiro atoms. The van der Waals surface area contributed by atoms with E-state index in [9.17, 15) is 4.79 Å². The molecule has 4 aromatic rings. The number of nitrogens with zero attached hydrogens (tertiary/aromatic N) is 5. The topological polar surface area (TPSA) is 77.1 Å². The summed E-state index contributed by atoms with van der Waals surface area (Å²) in [5, 5.41) is 2.86. The van der Waals surface area contributed by atoms with Crippen LogP contribution >= 0.6 is 0 Å². The summed E-state index contributed by atoms with van der Waals surface area (Å²) in [6.45, 7) is 3.91. The molecule has 0 aliphatic rings. The molecule has 0 unspecified atom stereocenters. The highest BCUT2D eigenvalue weighted by atomic mass is 16.1. The third kappa shape index (κ3) is 3.06. The van der Waals surface area contributed by atoms with Crippen LogP contribution in [0.4, 0.5) is 5.69 Å². The van der Waals surface area contributed by atoms with Crippen LogP contribution in [-0.4, -0.2) is 29.8 Å². The zero-order valence-electron chi connectivity index (χ0n) is 14.5. The van der Waals surface area contributed by atoms with Crippen LogP contribution in [0.2, 0.25) is 0 Å². The molecule has 1 N–H and O–H groups in total. The molecule has 7 nitrogen and oxygen atoms in total. The number of aryl methyl sites for hydroxylation is 2. The van der Waals surface area contributed by atoms with Gasteiger partial charge in [-0.3, -0.25) is 9.36 Å². The Labute approximate surface area is 150 Å². The summed E-state index contributed by atoms with van der Waals surface area (Å²) in [7, 11) is 0. The third-order valence-corrected chi connectivity index (χ3v) is 4.17. The first-order valence-electron chi connectivity index (χ1n) is 8.29. The Balaban J connectivity index is 1.46. The molecule has 130 valence electrons. The summed E-state index contributed by atoms with van der Waals surface area (Å²) in [4.78, 5) is 25.4. The number of rotatable bonds is 4. The molecule has 0 fully saturated rings. The van der Waals surface area contributed by atoms with E-state index in [0.717, 1.165) is 28.5 Å². The Morgan fingerprint density at radius 1 is 1.15 bits per heavy atom. The zero-order valence-corrected chi connectivity index (χ0v) is 14.5. The third-order valence-electron chi connectivity index (χ3n) is 4.17. The summed E-state index contributed by atoms with van der Waals surface area (Å²) >= 11 is 0. The second-order valence-corrected chi connectivity index (χ2v) is 6.13. The number of imidazole rings is 2. The van der Waals surface area contributed by atoms with Gasteiger partial charge in [0.1, 0.15) is 17.3 Å². The van der Waals surface area contributed by atoms with Gasteiger partial charge in [0.15, 0.2) is 0 Å². The lowest BCUT2D eigenvalue weighted by atomic mass is 10.3. The molecule has 0 bridgehead atoms. The molecule has 4 aromatic heterocycles. The number of aromatic nitrogens is 5. The van der Waals surface area contributed by atoms with Crippen LogP contribution < -0.4 is 5.32 Å². The Bertz CT molecular complexity index is 1080. The van der Waals surface area contributed by atoms with Gasteiger partial charge in [-0.1, -0.05) is 6.07 Å². The lowest BCUT2D eigenvalue weighted by Crippen LogP contribution is -2.15. The molecule has 4 heterocycles. The van der Waals surface area contributed by atoms with E-state index in [1.165, 1.54) is 0 Å². The maximum absolute atomic E-state index is 12.3. The standard InChI is InChI=1S/C19H18N6O/c1-13-4-3-8-24-12-16(23-19(13)24)10-18(26)22-15-5-6-17(21-11-15)25-9-7-20-14(25)2/h3-9,11-12H,10H2,1-2H3,(H,22,26). The SMILES string of the molecule is Cc1cccn2cc(CC(=O)Nc3ccc(-n4ccnc4C)nc3)nc12. The molecule has 0 aromatic carbocycles. The quantitative estimate of drug-likeness (QED) is 0.616. The average molecular weight is 346 g/mol. The fourth-order valence-electron chi connectivity index (χ4n) is 2.88. The Morgan fingerprint density at radius 3 is 2.73 bits per heavy atom. The monoisotopic (exact) mass is 346 g/mol. The highest BCUT2D eigenvalue weighted by Crippen LogP contribution is 2.13. The number of amides is 1. The maximum atomic E-state index is 12.3. The normalized spacial score (nSPS) is 11.0. The number of nitrogens with one attached hydrogen (secondary N) is 1. The van der Waals surface area contributed by atoms with Gasteiger partial charge < -0.3 is 9.72 Å². The summed E-state index contributed by atoms with van der Waals surface area (Å²) in [5.41, 5.74) is 3.33. The number of hydrogen-bond acceptors (Lipinski definition) is 4. The van der Waals surface area contributed by atoms with Crippen molar-refractivity contribution in [3.63, 3.8) is 0 Å². The van der Waals surface area contributed by atoms with Crippen molar-refractivity contribution in [2.45, 2.75) is 20.3 Å². The largest absolute Gasteiger partial charge is 0.324 e. The molecule has 0 atom stereocenters. The summed E-state index contributed by atoms with van der Waals surface area (Å²) in [6.07, 6.45) is 9.23. The van der Waals surface area contributed by atoms with Gasteiger partial charge in [-0.2, -0.15) is 0 Å². The summed E-state index contributed by atoms with van der Waals surface area (Å²) in [6, 6.07) is 7.64. The number of anilines is 1. The van der Waals surface area contributed by atoms with E-state index in [0.29, 0.717) is 5.69 Å². The van der Waals surface area contributed by atoms with Gasteiger partial charge in [-0.25, -0.2) is 15.0 Å². The fraction of sp³-hybridized carbons (Fsp3) is 0.158. The lowest BCUT2D eigenvalue weighted by molar-refractivity contribution is -0.115. The number of pyridine rings is 2. The van der Waals surface area contributed by atoms with E-state index in [-0.39, 0.29) is 12.3 Å². The molecule has 0 radical (unpaired) electrons. The Hall–Kier alpha value is -3.48. The first-order chi connectivity index (χ1) is 12.6. The van der Waals surface area contributed by atoms with Gasteiger partial charge in [0.25, 0.3) is 0 Å². The molecule has 4 rings (SSSR count). The first kappa shape index (κ1) is 16.0. The smallest absolute Gasteiger partial charge is 0.230 e. The molecule has 0 aliphatic carbocycles. The van der Waals surface area contributed by atoms with Gasteiger partial charge in [-0.05, 0) is 37.6 Å². The number of hydrogen-bond donors (Lipinski definition) is 1. The van der Waals surface area contributed by atoms with Crippen LogP contribution in [0.25, 0.3) is 11.5 Å². The number of carbonyl (C=O) groups is 1. The van der Waals surface area contributed by atoms with E-state index in [2.05, 4.69) is 20.3 Å². The van der Waals surface area contributed by atoms with Crippen LogP contribution in [0.3, 0.4) is 0 Å². The highest BCUT2D eigenvalue weighted by molar-refractivity contribution is 5.92. The van der Waals surface area contributed by atoms with Gasteiger partial charge >= 0.3 is 0 Å². The minimum Gasteiger partial charge on any atom is -0.324 e. The van der Waals surface area contributed by atoms with Crippen LogP contribution in [0.5, 0.6) is 0 Å². The van der Waals surface area contributed by atoms with Crippen molar-refractivity contribution in [3.8, 4) is 5.82 Å². The minimum atomic E-state index is -0.126. The van der Waals surface area contributed by atoms with Gasteiger partial charge in [-0.15, -0.1) is 0 Å². The van der Waals surface area contributed by atoms with Crippen LogP contribution in [-0.2, 0) is 11.2 Å². The lowest BCUT2D eigenvalue weighted by Gasteiger charge is -2.06. The second kappa shape index (κ2) is 6.44. The van der Waals surface area contributed by atoms with Crippen molar-refractivity contribution in [2.75, 3.05) is 5.32 Å². The van der Waals surface area contributed by atoms with E-state index >= 15 is 0 Å². The van der Waals surface area contributed by atoms with Crippen molar-refractivity contribution in [2.24, 2.45) is 0 Å². The average Bonchev–Trinajstić information content (AvgIpc) is 3.22. The number of carbonyl (C=O) groups excluding carboxylic acids is 1. The summed E-state index contributed by atoms with van der Waals surface area (Å²) < 4.78 is 3.81. The predicted octanol–water partition coefficient (Wildman–Crippen LogP) is 2.71. The fourth-order valence-corrected chi connectivity index (χ4v) is 2.88. The molecule has 1 amide bonds. The summed E-state index contributed by atoms with van der Waals surface area (Å²) in [5.74, 6) is 1.49. The van der Waals surface area contributed by atoms with Crippen molar-refractivity contribution >= 4 is 17.2 Å². The van der Waals surface area contributed by atoms with Crippen molar-refractivity contribution in [3.05, 3.63) is 72.3 Å². The molecule has 7 heteroatoms. The minimum absolute atomic E-state index is 0.126. The second-order valence-electron chi connectivity index (χ2n) is 6.13. The van der Waals surface area contributed by atoms with E-state index in [1.807, 2.05) is 65.7 Å². The number of fused-ring (bicyclic) bond motifs is 1. The van der Waals surface area contributed by atoms with Crippen LogP contribution in [0, 0.1) is 13.8 Å². The van der Waals surface area contributed by atoms with E-state index in [4.69, 9.17) is 0 Å². The molecule has 0 aliphatic heterocycles. The predicted molar refractivity (Wildman–Crippen MR) is 98.4 cm³/mol. The molecule has 0 saturated heterocycles. The van der Waals surface area contributed by atoms with E-state index < -0.39 is 0 Å². The molecular weight excluding hydrogens is 328 g/mol. The molecule has 0 saturated carbocycles. The maximum Gasteiger partial charge on any atom is 0.230 e. The van der Waals surface area contributed by atoms with E-state index in [1.54, 1.807) is 12.4 Å². The van der Waals surface area contributed by atoms with Crippen molar-refractivity contribution in [1.82, 2.24) is 23.9 Å². The molecular formula is C19H18N6O.